The summed E-state index contributed by atoms with van der Waals surface area (Å²) in [6.07, 6.45) is 18.0. The molecule has 0 fully saturated rings. The van der Waals surface area contributed by atoms with Crippen molar-refractivity contribution in [1.29, 1.82) is 0 Å². The van der Waals surface area contributed by atoms with Crippen molar-refractivity contribution >= 4 is 15.9 Å². The zero-order chi connectivity index (χ0) is 15.3. The average Bonchev–Trinajstić information content (AvgIpc) is 2.47. The van der Waals surface area contributed by atoms with Gasteiger partial charge in [0.2, 0.25) is 0 Å². The third kappa shape index (κ3) is 26.5. The minimum Gasteiger partial charge on any atom is -0.310 e. The van der Waals surface area contributed by atoms with E-state index in [1.54, 1.807) is 0 Å². The Hall–Kier alpha value is -0.0800. The topological polar surface area (TPSA) is 12.0 Å². The molecule has 0 aromatic carbocycles. The van der Waals surface area contributed by atoms with E-state index in [4.69, 9.17) is 0 Å². The maximum Gasteiger partial charge on any atom is 0.0135 e. The van der Waals surface area contributed by atoms with Crippen LogP contribution >= 0.6 is 15.9 Å². The first-order valence-electron chi connectivity index (χ1n) is 8.31. The smallest absolute Gasteiger partial charge is 0.0135 e. The highest BCUT2D eigenvalue weighted by Crippen LogP contribution is 2.10. The van der Waals surface area contributed by atoms with Gasteiger partial charge in [0.05, 0.1) is 0 Å². The summed E-state index contributed by atoms with van der Waals surface area (Å²) in [6.45, 7) is 11.1. The Balaban J connectivity index is 0. The molecule has 2 heteroatoms. The number of nitrogens with one attached hydrogen (secondary N) is 1. The van der Waals surface area contributed by atoms with Crippen molar-refractivity contribution < 1.29 is 0 Å². The van der Waals surface area contributed by atoms with Crippen LogP contribution in [0.2, 0.25) is 0 Å². The maximum atomic E-state index is 3.54. The molecule has 0 saturated heterocycles. The first-order valence-corrected chi connectivity index (χ1v) is 9.44. The molecule has 1 N–H and O–H groups in total. The van der Waals surface area contributed by atoms with Gasteiger partial charge < -0.3 is 5.32 Å². The SMILES string of the molecule is C=CCNCC=C.CCCCCCCCCCCCBr. The number of unbranched alkanes of at least 4 members (excludes halogenated alkanes) is 9. The summed E-state index contributed by atoms with van der Waals surface area (Å²) in [5, 5.41) is 4.23. The van der Waals surface area contributed by atoms with Gasteiger partial charge in [-0.1, -0.05) is 92.8 Å². The van der Waals surface area contributed by atoms with Gasteiger partial charge >= 0.3 is 0 Å². The largest absolute Gasteiger partial charge is 0.310 e. The predicted molar refractivity (Wildman–Crippen MR) is 98.9 cm³/mol. The van der Waals surface area contributed by atoms with E-state index in [1.807, 2.05) is 12.2 Å². The van der Waals surface area contributed by atoms with E-state index < -0.39 is 0 Å². The molecule has 20 heavy (non-hydrogen) atoms. The first kappa shape index (κ1) is 22.2. The van der Waals surface area contributed by atoms with Gasteiger partial charge in [-0.15, -0.1) is 13.2 Å². The van der Waals surface area contributed by atoms with Crippen LogP contribution in [0.3, 0.4) is 0 Å². The minimum atomic E-state index is 0.867. The third-order valence-electron chi connectivity index (χ3n) is 3.06. The van der Waals surface area contributed by atoms with E-state index in [9.17, 15) is 0 Å². The van der Waals surface area contributed by atoms with E-state index in [0.29, 0.717) is 0 Å². The van der Waals surface area contributed by atoms with E-state index >= 15 is 0 Å². The van der Waals surface area contributed by atoms with Crippen molar-refractivity contribution in [2.45, 2.75) is 71.1 Å². The molecule has 0 aromatic heterocycles. The van der Waals surface area contributed by atoms with Gasteiger partial charge in [-0.05, 0) is 6.42 Å². The van der Waals surface area contributed by atoms with Crippen molar-refractivity contribution in [3.8, 4) is 0 Å². The molecule has 0 aliphatic heterocycles. The highest BCUT2D eigenvalue weighted by atomic mass is 79.9. The molecule has 0 aliphatic rings. The number of hydrogen-bond acceptors (Lipinski definition) is 1. The number of hydrogen-bond donors (Lipinski definition) is 1. The molecule has 0 unspecified atom stereocenters. The Morgan fingerprint density at radius 1 is 0.750 bits per heavy atom. The van der Waals surface area contributed by atoms with Crippen LogP contribution in [0.5, 0.6) is 0 Å². The number of alkyl halides is 1. The fraction of sp³-hybridized carbons (Fsp3) is 0.778. The molecule has 0 heterocycles. The molecule has 120 valence electrons. The molecular formula is C18H36BrN. The summed E-state index contributed by atoms with van der Waals surface area (Å²) in [6, 6.07) is 0. The second kappa shape index (κ2) is 24.0. The lowest BCUT2D eigenvalue weighted by molar-refractivity contribution is 0.563. The Bertz CT molecular complexity index is 162. The van der Waals surface area contributed by atoms with Gasteiger partial charge in [0.15, 0.2) is 0 Å². The minimum absolute atomic E-state index is 0.867. The molecule has 0 saturated carbocycles. The van der Waals surface area contributed by atoms with Gasteiger partial charge in [-0.25, -0.2) is 0 Å². The van der Waals surface area contributed by atoms with Gasteiger partial charge in [0, 0.05) is 18.4 Å². The van der Waals surface area contributed by atoms with Crippen LogP contribution in [-0.4, -0.2) is 18.4 Å². The maximum absolute atomic E-state index is 3.54. The van der Waals surface area contributed by atoms with Crippen LogP contribution in [0.15, 0.2) is 25.3 Å². The van der Waals surface area contributed by atoms with Crippen LogP contribution in [-0.2, 0) is 0 Å². The molecule has 0 aromatic rings. The summed E-state index contributed by atoms with van der Waals surface area (Å²) in [7, 11) is 0. The molecule has 1 nitrogen and oxygen atoms in total. The van der Waals surface area contributed by atoms with Crippen molar-refractivity contribution in [1.82, 2.24) is 5.32 Å². The van der Waals surface area contributed by atoms with E-state index in [1.165, 1.54) is 69.5 Å². The summed E-state index contributed by atoms with van der Waals surface area (Å²) in [5.74, 6) is 0. The van der Waals surface area contributed by atoms with Crippen LogP contribution in [0.25, 0.3) is 0 Å². The molecule has 0 atom stereocenters. The van der Waals surface area contributed by atoms with Crippen LogP contribution in [0.4, 0.5) is 0 Å². The molecule has 0 aliphatic carbocycles. The second-order valence-corrected chi connectivity index (χ2v) is 5.90. The van der Waals surface area contributed by atoms with Gasteiger partial charge in [-0.3, -0.25) is 0 Å². The average molecular weight is 346 g/mol. The van der Waals surface area contributed by atoms with Crippen LogP contribution in [0, 0.1) is 0 Å². The molecular weight excluding hydrogens is 310 g/mol. The third-order valence-corrected chi connectivity index (χ3v) is 3.63. The summed E-state index contributed by atoms with van der Waals surface area (Å²) in [4.78, 5) is 0. The summed E-state index contributed by atoms with van der Waals surface area (Å²) >= 11 is 3.46. The summed E-state index contributed by atoms with van der Waals surface area (Å²) in [5.41, 5.74) is 0. The molecule has 0 bridgehead atoms. The fourth-order valence-electron chi connectivity index (χ4n) is 1.87. The quantitative estimate of drug-likeness (QED) is 0.223. The second-order valence-electron chi connectivity index (χ2n) is 5.11. The molecule has 0 amide bonds. The Morgan fingerprint density at radius 2 is 1.15 bits per heavy atom. The fourth-order valence-corrected chi connectivity index (χ4v) is 2.27. The van der Waals surface area contributed by atoms with Crippen LogP contribution in [0.1, 0.15) is 71.1 Å². The molecule has 0 spiro atoms. The van der Waals surface area contributed by atoms with Gasteiger partial charge in [0.25, 0.3) is 0 Å². The normalized spacial score (nSPS) is 9.70. The zero-order valence-electron chi connectivity index (χ0n) is 13.6. The number of halogens is 1. The monoisotopic (exact) mass is 345 g/mol. The van der Waals surface area contributed by atoms with E-state index in [2.05, 4.69) is 41.3 Å². The standard InChI is InChI=1S/C12H25Br.C6H11N/c1-2-3-4-5-6-7-8-9-10-11-12-13;1-3-5-7-6-4-2/h2-12H2,1H3;3-4,7H,1-2,5-6H2. The lowest BCUT2D eigenvalue weighted by Gasteiger charge is -2.00. The van der Waals surface area contributed by atoms with E-state index in [-0.39, 0.29) is 0 Å². The molecule has 0 radical (unpaired) electrons. The van der Waals surface area contributed by atoms with Crippen molar-refractivity contribution in [3.05, 3.63) is 25.3 Å². The Labute approximate surface area is 136 Å². The summed E-state index contributed by atoms with van der Waals surface area (Å²) < 4.78 is 0. The Kier molecular flexibility index (Phi) is 26.6. The van der Waals surface area contributed by atoms with Crippen LogP contribution < -0.4 is 5.32 Å². The van der Waals surface area contributed by atoms with Gasteiger partial charge in [0.1, 0.15) is 0 Å². The molecule has 0 rings (SSSR count). The lowest BCUT2D eigenvalue weighted by Crippen LogP contribution is -2.11. The van der Waals surface area contributed by atoms with Crippen molar-refractivity contribution in [3.63, 3.8) is 0 Å². The Morgan fingerprint density at radius 3 is 1.50 bits per heavy atom. The van der Waals surface area contributed by atoms with Gasteiger partial charge in [-0.2, -0.15) is 0 Å². The highest BCUT2D eigenvalue weighted by molar-refractivity contribution is 9.09. The number of rotatable bonds is 14. The van der Waals surface area contributed by atoms with Crippen molar-refractivity contribution in [2.24, 2.45) is 0 Å². The van der Waals surface area contributed by atoms with Crippen molar-refractivity contribution in [2.75, 3.05) is 18.4 Å². The first-order chi connectivity index (χ1) is 9.83. The lowest BCUT2D eigenvalue weighted by atomic mass is 10.1. The zero-order valence-corrected chi connectivity index (χ0v) is 15.2. The van der Waals surface area contributed by atoms with E-state index in [0.717, 1.165) is 13.1 Å². The predicted octanol–water partition coefficient (Wildman–Crippen LogP) is 6.25. The highest BCUT2D eigenvalue weighted by Gasteiger charge is 1.91.